The molecule has 1 aromatic rings. The first-order valence-electron chi connectivity index (χ1n) is 6.89. The lowest BCUT2D eigenvalue weighted by Gasteiger charge is -2.21. The van der Waals surface area contributed by atoms with Gasteiger partial charge in [0, 0.05) is 0 Å². The van der Waals surface area contributed by atoms with Gasteiger partial charge in [-0.3, -0.25) is 0 Å². The van der Waals surface area contributed by atoms with Crippen molar-refractivity contribution in [1.82, 2.24) is 0 Å². The Morgan fingerprint density at radius 1 is 1.00 bits per heavy atom. The maximum Gasteiger partial charge on any atom is 0.387 e. The Bertz CT molecular complexity index is 370. The van der Waals surface area contributed by atoms with E-state index in [1.54, 1.807) is 12.1 Å². The number of aliphatic hydroxyl groups excluding tert-OH is 1. The van der Waals surface area contributed by atoms with E-state index in [0.717, 1.165) is 31.2 Å². The summed E-state index contributed by atoms with van der Waals surface area (Å²) in [5.41, 5.74) is 0.786. The van der Waals surface area contributed by atoms with E-state index in [9.17, 15) is 13.9 Å². The topological polar surface area (TPSA) is 29.5 Å². The maximum absolute atomic E-state index is 12.0. The van der Waals surface area contributed by atoms with Crippen LogP contribution in [0.25, 0.3) is 0 Å². The van der Waals surface area contributed by atoms with Crippen molar-refractivity contribution in [3.05, 3.63) is 29.8 Å². The molecule has 0 bridgehead atoms. The second-order valence-electron chi connectivity index (χ2n) is 5.14. The van der Waals surface area contributed by atoms with E-state index in [-0.39, 0.29) is 11.7 Å². The standard InChI is InChI=1S/C15H20F2O2/c16-15(17)19-13-9-7-12(8-10-13)14(18)11-5-3-1-2-4-6-11/h7-11,14-15,18H,1-6H2. The molecule has 1 fully saturated rings. The first-order valence-corrected chi connectivity index (χ1v) is 6.89. The van der Waals surface area contributed by atoms with Gasteiger partial charge in [0.1, 0.15) is 5.75 Å². The Morgan fingerprint density at radius 3 is 2.11 bits per heavy atom. The second kappa shape index (κ2) is 6.85. The molecule has 1 aromatic carbocycles. The molecule has 1 atom stereocenters. The number of halogens is 2. The summed E-state index contributed by atoms with van der Waals surface area (Å²) in [6, 6.07) is 6.32. The first-order chi connectivity index (χ1) is 9.16. The fourth-order valence-electron chi connectivity index (χ4n) is 2.75. The number of ether oxygens (including phenoxy) is 1. The molecule has 1 N–H and O–H groups in total. The average Bonchev–Trinajstić information content (AvgIpc) is 2.67. The van der Waals surface area contributed by atoms with Crippen molar-refractivity contribution in [2.45, 2.75) is 51.2 Å². The maximum atomic E-state index is 12.0. The van der Waals surface area contributed by atoms with Gasteiger partial charge in [0.25, 0.3) is 0 Å². The van der Waals surface area contributed by atoms with Crippen molar-refractivity contribution >= 4 is 0 Å². The molecular formula is C15H20F2O2. The molecule has 0 amide bonds. The van der Waals surface area contributed by atoms with Gasteiger partial charge in [0.15, 0.2) is 0 Å². The van der Waals surface area contributed by atoms with Crippen LogP contribution in [0.1, 0.15) is 50.2 Å². The van der Waals surface area contributed by atoms with Crippen LogP contribution < -0.4 is 4.74 Å². The Balaban J connectivity index is 1.99. The molecule has 0 radical (unpaired) electrons. The molecule has 0 heterocycles. The van der Waals surface area contributed by atoms with Crippen LogP contribution in [0.2, 0.25) is 0 Å². The number of aliphatic hydroxyl groups is 1. The largest absolute Gasteiger partial charge is 0.435 e. The second-order valence-corrected chi connectivity index (χ2v) is 5.14. The number of hydrogen-bond donors (Lipinski definition) is 1. The van der Waals surface area contributed by atoms with Gasteiger partial charge in [0.2, 0.25) is 0 Å². The monoisotopic (exact) mass is 270 g/mol. The summed E-state index contributed by atoms with van der Waals surface area (Å²) < 4.78 is 28.4. The molecule has 2 nitrogen and oxygen atoms in total. The zero-order valence-corrected chi connectivity index (χ0v) is 10.9. The Labute approximate surface area is 112 Å². The third-order valence-corrected chi connectivity index (χ3v) is 3.79. The van der Waals surface area contributed by atoms with Crippen LogP contribution >= 0.6 is 0 Å². The highest BCUT2D eigenvalue weighted by molar-refractivity contribution is 5.28. The third-order valence-electron chi connectivity index (χ3n) is 3.79. The summed E-state index contributed by atoms with van der Waals surface area (Å²) in [6.45, 7) is -2.81. The average molecular weight is 270 g/mol. The number of benzene rings is 1. The highest BCUT2D eigenvalue weighted by atomic mass is 19.3. The quantitative estimate of drug-likeness (QED) is 0.827. The Hall–Kier alpha value is -1.16. The molecule has 1 saturated carbocycles. The van der Waals surface area contributed by atoms with Crippen molar-refractivity contribution in [2.75, 3.05) is 0 Å². The lowest BCUT2D eigenvalue weighted by molar-refractivity contribution is -0.0498. The molecular weight excluding hydrogens is 250 g/mol. The van der Waals surface area contributed by atoms with Crippen LogP contribution in [-0.2, 0) is 0 Å². The lowest BCUT2D eigenvalue weighted by Crippen LogP contribution is -2.12. The predicted molar refractivity (Wildman–Crippen MR) is 69.2 cm³/mol. The van der Waals surface area contributed by atoms with E-state index >= 15 is 0 Å². The van der Waals surface area contributed by atoms with Gasteiger partial charge in [-0.05, 0) is 36.5 Å². The van der Waals surface area contributed by atoms with Crippen LogP contribution in [0.3, 0.4) is 0 Å². The van der Waals surface area contributed by atoms with Crippen molar-refractivity contribution in [3.8, 4) is 5.75 Å². The van der Waals surface area contributed by atoms with Crippen LogP contribution in [0, 0.1) is 5.92 Å². The van der Waals surface area contributed by atoms with Crippen LogP contribution in [0.5, 0.6) is 5.75 Å². The van der Waals surface area contributed by atoms with E-state index in [4.69, 9.17) is 0 Å². The SMILES string of the molecule is OC(c1ccc(OC(F)F)cc1)C1CCCCCC1. The van der Waals surface area contributed by atoms with Gasteiger partial charge in [-0.1, -0.05) is 37.8 Å². The molecule has 1 aliphatic carbocycles. The van der Waals surface area contributed by atoms with E-state index in [1.165, 1.54) is 25.0 Å². The first kappa shape index (κ1) is 14.3. The van der Waals surface area contributed by atoms with Crippen LogP contribution in [-0.4, -0.2) is 11.7 Å². The van der Waals surface area contributed by atoms with Gasteiger partial charge >= 0.3 is 6.61 Å². The van der Waals surface area contributed by atoms with Crippen molar-refractivity contribution in [2.24, 2.45) is 5.92 Å². The molecule has 19 heavy (non-hydrogen) atoms. The number of hydrogen-bond acceptors (Lipinski definition) is 2. The lowest BCUT2D eigenvalue weighted by atomic mass is 9.89. The molecule has 2 rings (SSSR count). The summed E-state index contributed by atoms with van der Waals surface area (Å²) in [7, 11) is 0. The summed E-state index contributed by atoms with van der Waals surface area (Å²) in [6.07, 6.45) is 6.38. The highest BCUT2D eigenvalue weighted by Gasteiger charge is 2.22. The minimum absolute atomic E-state index is 0.131. The van der Waals surface area contributed by atoms with Crippen molar-refractivity contribution in [1.29, 1.82) is 0 Å². The number of alkyl halides is 2. The summed E-state index contributed by atoms with van der Waals surface area (Å²) in [4.78, 5) is 0. The molecule has 4 heteroatoms. The fraction of sp³-hybridized carbons (Fsp3) is 0.600. The third kappa shape index (κ3) is 4.16. The van der Waals surface area contributed by atoms with Crippen LogP contribution in [0.15, 0.2) is 24.3 Å². The van der Waals surface area contributed by atoms with E-state index in [2.05, 4.69) is 4.74 Å². The minimum Gasteiger partial charge on any atom is -0.435 e. The van der Waals surface area contributed by atoms with Crippen molar-refractivity contribution in [3.63, 3.8) is 0 Å². The zero-order chi connectivity index (χ0) is 13.7. The Morgan fingerprint density at radius 2 is 1.58 bits per heavy atom. The van der Waals surface area contributed by atoms with Gasteiger partial charge in [0.05, 0.1) is 6.10 Å². The van der Waals surface area contributed by atoms with E-state index in [1.807, 2.05) is 0 Å². The summed E-state index contributed by atoms with van der Waals surface area (Å²) in [5.74, 6) is 0.413. The molecule has 0 aliphatic heterocycles. The van der Waals surface area contributed by atoms with E-state index < -0.39 is 12.7 Å². The molecule has 106 valence electrons. The molecule has 0 aromatic heterocycles. The summed E-state index contributed by atoms with van der Waals surface area (Å²) in [5, 5.41) is 10.4. The van der Waals surface area contributed by atoms with Gasteiger partial charge in [-0.2, -0.15) is 8.78 Å². The number of rotatable bonds is 4. The summed E-state index contributed by atoms with van der Waals surface area (Å²) >= 11 is 0. The smallest absolute Gasteiger partial charge is 0.387 e. The van der Waals surface area contributed by atoms with Gasteiger partial charge < -0.3 is 9.84 Å². The fourth-order valence-corrected chi connectivity index (χ4v) is 2.75. The van der Waals surface area contributed by atoms with E-state index in [0.29, 0.717) is 0 Å². The van der Waals surface area contributed by atoms with Crippen molar-refractivity contribution < 1.29 is 18.6 Å². The Kier molecular flexibility index (Phi) is 5.14. The molecule has 1 unspecified atom stereocenters. The molecule has 1 aliphatic rings. The molecule has 0 saturated heterocycles. The molecule has 0 spiro atoms. The zero-order valence-electron chi connectivity index (χ0n) is 10.9. The normalized spacial score (nSPS) is 19.2. The minimum atomic E-state index is -2.81. The van der Waals surface area contributed by atoms with Crippen LogP contribution in [0.4, 0.5) is 8.78 Å². The van der Waals surface area contributed by atoms with Gasteiger partial charge in [-0.15, -0.1) is 0 Å². The predicted octanol–water partition coefficient (Wildman–Crippen LogP) is 4.29. The highest BCUT2D eigenvalue weighted by Crippen LogP contribution is 2.34. The van der Waals surface area contributed by atoms with Gasteiger partial charge in [-0.25, -0.2) is 0 Å².